The van der Waals surface area contributed by atoms with Crippen molar-refractivity contribution >= 4 is 22.5 Å². The summed E-state index contributed by atoms with van der Waals surface area (Å²) in [7, 11) is 0. The predicted molar refractivity (Wildman–Crippen MR) is 131 cm³/mol. The molecule has 0 saturated heterocycles. The molecule has 3 N–H and O–H groups in total. The molecule has 2 aromatic carbocycles. The molecule has 0 unspecified atom stereocenters. The van der Waals surface area contributed by atoms with Crippen LogP contribution in [-0.2, 0) is 19.6 Å². The number of amides is 1. The standard InChI is InChI=1S/C26H23F2N7O/c1-16-33-23(26(36)31-10-19-6-7-22-21(24(19)28)8-9-30-25(22)29)15-34(16)12-17-2-4-18(5-3-17)13-35-14-20(27)11-32-35/h2-9,11,14-15H,10,12-13H2,1H3,(H2,29,30)(H,31,36). The summed E-state index contributed by atoms with van der Waals surface area (Å²) >= 11 is 0. The fourth-order valence-electron chi connectivity index (χ4n) is 4.03. The van der Waals surface area contributed by atoms with Gasteiger partial charge in [0.2, 0.25) is 0 Å². The minimum Gasteiger partial charge on any atom is -0.383 e. The van der Waals surface area contributed by atoms with Gasteiger partial charge < -0.3 is 15.6 Å². The number of anilines is 1. The number of pyridine rings is 1. The maximum atomic E-state index is 14.9. The van der Waals surface area contributed by atoms with Crippen molar-refractivity contribution in [3.8, 4) is 0 Å². The maximum absolute atomic E-state index is 14.9. The molecule has 182 valence electrons. The summed E-state index contributed by atoms with van der Waals surface area (Å²) in [5.74, 6) is -0.272. The number of nitrogens with two attached hydrogens (primary N) is 1. The lowest BCUT2D eigenvalue weighted by atomic mass is 10.1. The molecular weight excluding hydrogens is 464 g/mol. The van der Waals surface area contributed by atoms with Crippen molar-refractivity contribution in [2.45, 2.75) is 26.6 Å². The molecule has 10 heteroatoms. The first kappa shape index (κ1) is 23.2. The van der Waals surface area contributed by atoms with Gasteiger partial charge in [0.15, 0.2) is 5.82 Å². The van der Waals surface area contributed by atoms with E-state index in [0.717, 1.165) is 11.1 Å². The number of benzene rings is 2. The van der Waals surface area contributed by atoms with Crippen LogP contribution in [0, 0.1) is 18.6 Å². The zero-order chi connectivity index (χ0) is 25.2. The molecule has 8 nitrogen and oxygen atoms in total. The third-order valence-corrected chi connectivity index (χ3v) is 5.96. The fourth-order valence-corrected chi connectivity index (χ4v) is 4.03. The largest absolute Gasteiger partial charge is 0.383 e. The third-order valence-electron chi connectivity index (χ3n) is 5.96. The number of nitrogen functional groups attached to an aromatic ring is 1. The minimum absolute atomic E-state index is 0.0103. The van der Waals surface area contributed by atoms with E-state index < -0.39 is 11.7 Å². The summed E-state index contributed by atoms with van der Waals surface area (Å²) in [6.07, 6.45) is 5.65. The highest BCUT2D eigenvalue weighted by Gasteiger charge is 2.15. The minimum atomic E-state index is -0.440. The van der Waals surface area contributed by atoms with Crippen molar-refractivity contribution in [1.29, 1.82) is 0 Å². The first-order valence-electron chi connectivity index (χ1n) is 11.3. The van der Waals surface area contributed by atoms with Gasteiger partial charge in [-0.3, -0.25) is 9.48 Å². The molecule has 0 saturated carbocycles. The number of carbonyl (C=O) groups is 1. The number of halogens is 2. The number of rotatable bonds is 7. The molecule has 0 fully saturated rings. The van der Waals surface area contributed by atoms with Gasteiger partial charge in [0.05, 0.1) is 18.9 Å². The van der Waals surface area contributed by atoms with Crippen molar-refractivity contribution in [3.05, 3.63) is 107 Å². The average Bonchev–Trinajstić information content (AvgIpc) is 3.45. The average molecular weight is 488 g/mol. The quantitative estimate of drug-likeness (QED) is 0.363. The Morgan fingerprint density at radius 2 is 1.75 bits per heavy atom. The highest BCUT2D eigenvalue weighted by molar-refractivity contribution is 5.93. The van der Waals surface area contributed by atoms with Gasteiger partial charge in [-0.1, -0.05) is 36.4 Å². The smallest absolute Gasteiger partial charge is 0.271 e. The van der Waals surface area contributed by atoms with Gasteiger partial charge in [-0.25, -0.2) is 18.7 Å². The lowest BCUT2D eigenvalue weighted by Crippen LogP contribution is -2.23. The van der Waals surface area contributed by atoms with Gasteiger partial charge in [0.25, 0.3) is 5.91 Å². The molecule has 5 rings (SSSR count). The second-order valence-electron chi connectivity index (χ2n) is 8.49. The molecule has 1 amide bonds. The fraction of sp³-hybridized carbons (Fsp3) is 0.154. The number of hydrogen-bond acceptors (Lipinski definition) is 5. The first-order chi connectivity index (χ1) is 17.4. The van der Waals surface area contributed by atoms with E-state index in [2.05, 4.69) is 20.4 Å². The zero-order valence-electron chi connectivity index (χ0n) is 19.4. The van der Waals surface area contributed by atoms with E-state index in [0.29, 0.717) is 35.2 Å². The predicted octanol–water partition coefficient (Wildman–Crippen LogP) is 3.82. The lowest BCUT2D eigenvalue weighted by molar-refractivity contribution is 0.0946. The number of carbonyl (C=O) groups excluding carboxylic acids is 1. The number of hydrogen-bond donors (Lipinski definition) is 2. The number of aryl methyl sites for hydroxylation is 1. The molecular formula is C26H23F2N7O. The topological polar surface area (TPSA) is 104 Å². The van der Waals surface area contributed by atoms with Crippen molar-refractivity contribution in [1.82, 2.24) is 29.6 Å². The molecule has 0 radical (unpaired) electrons. The van der Waals surface area contributed by atoms with Crippen molar-refractivity contribution in [3.63, 3.8) is 0 Å². The molecule has 0 aliphatic rings. The Morgan fingerprint density at radius 1 is 1.00 bits per heavy atom. The lowest BCUT2D eigenvalue weighted by Gasteiger charge is -2.08. The van der Waals surface area contributed by atoms with Crippen LogP contribution in [0.1, 0.15) is 33.0 Å². The van der Waals surface area contributed by atoms with Crippen LogP contribution in [0.4, 0.5) is 14.6 Å². The number of nitrogens with zero attached hydrogens (tertiary/aromatic N) is 5. The highest BCUT2D eigenvalue weighted by atomic mass is 19.1. The van der Waals surface area contributed by atoms with Gasteiger partial charge >= 0.3 is 0 Å². The van der Waals surface area contributed by atoms with Crippen LogP contribution in [-0.4, -0.2) is 30.2 Å². The molecule has 0 aliphatic carbocycles. The van der Waals surface area contributed by atoms with E-state index in [1.807, 2.05) is 35.8 Å². The van der Waals surface area contributed by atoms with E-state index in [-0.39, 0.29) is 23.9 Å². The highest BCUT2D eigenvalue weighted by Crippen LogP contribution is 2.24. The van der Waals surface area contributed by atoms with Crippen LogP contribution >= 0.6 is 0 Å². The van der Waals surface area contributed by atoms with Crippen LogP contribution in [0.25, 0.3) is 10.8 Å². The van der Waals surface area contributed by atoms with Gasteiger partial charge in [0, 0.05) is 41.8 Å². The van der Waals surface area contributed by atoms with Crippen LogP contribution in [0.15, 0.2) is 67.3 Å². The Balaban J connectivity index is 1.23. The van der Waals surface area contributed by atoms with Crippen LogP contribution in [0.2, 0.25) is 0 Å². The van der Waals surface area contributed by atoms with E-state index >= 15 is 0 Å². The summed E-state index contributed by atoms with van der Waals surface area (Å²) in [4.78, 5) is 21.0. The summed E-state index contributed by atoms with van der Waals surface area (Å²) in [5, 5.41) is 7.58. The molecule has 3 aromatic heterocycles. The molecule has 0 spiro atoms. The summed E-state index contributed by atoms with van der Waals surface area (Å²) in [5.41, 5.74) is 8.41. The second-order valence-corrected chi connectivity index (χ2v) is 8.49. The van der Waals surface area contributed by atoms with Crippen LogP contribution in [0.3, 0.4) is 0 Å². The Hall–Kier alpha value is -4.60. The van der Waals surface area contributed by atoms with Gasteiger partial charge in [-0.2, -0.15) is 5.10 Å². The SMILES string of the molecule is Cc1nc(C(=O)NCc2ccc3c(N)nccc3c2F)cn1Cc1ccc(Cn2cc(F)cn2)cc1. The molecule has 36 heavy (non-hydrogen) atoms. The van der Waals surface area contributed by atoms with E-state index in [9.17, 15) is 13.6 Å². The molecule has 0 bridgehead atoms. The Kier molecular flexibility index (Phi) is 6.16. The Morgan fingerprint density at radius 3 is 2.47 bits per heavy atom. The van der Waals surface area contributed by atoms with E-state index in [4.69, 9.17) is 5.73 Å². The van der Waals surface area contributed by atoms with Crippen LogP contribution in [0.5, 0.6) is 0 Å². The normalized spacial score (nSPS) is 11.2. The number of nitrogens with one attached hydrogen (secondary N) is 1. The van der Waals surface area contributed by atoms with Gasteiger partial charge in [0.1, 0.15) is 23.2 Å². The van der Waals surface area contributed by atoms with Gasteiger partial charge in [-0.15, -0.1) is 0 Å². The second kappa shape index (κ2) is 9.57. The van der Waals surface area contributed by atoms with Gasteiger partial charge in [-0.05, 0) is 24.1 Å². The Bertz CT molecular complexity index is 1560. The first-order valence-corrected chi connectivity index (χ1v) is 11.3. The van der Waals surface area contributed by atoms with Crippen LogP contribution < -0.4 is 11.1 Å². The molecule has 5 aromatic rings. The third kappa shape index (κ3) is 4.78. The number of imidazole rings is 1. The monoisotopic (exact) mass is 487 g/mol. The molecule has 0 atom stereocenters. The summed E-state index contributed by atoms with van der Waals surface area (Å²) in [6.45, 7) is 2.83. The van der Waals surface area contributed by atoms with E-state index in [1.54, 1.807) is 24.4 Å². The van der Waals surface area contributed by atoms with Crippen molar-refractivity contribution < 1.29 is 13.6 Å². The Labute approximate surface area is 205 Å². The maximum Gasteiger partial charge on any atom is 0.271 e. The van der Waals surface area contributed by atoms with E-state index in [1.165, 1.54) is 23.3 Å². The zero-order valence-corrected chi connectivity index (χ0v) is 19.4. The number of aromatic nitrogens is 5. The number of fused-ring (bicyclic) bond motifs is 1. The summed E-state index contributed by atoms with van der Waals surface area (Å²) in [6, 6.07) is 12.7. The molecule has 0 aliphatic heterocycles. The van der Waals surface area contributed by atoms with Crippen molar-refractivity contribution in [2.75, 3.05) is 5.73 Å². The van der Waals surface area contributed by atoms with Crippen molar-refractivity contribution in [2.24, 2.45) is 0 Å². The summed E-state index contributed by atoms with van der Waals surface area (Å²) < 4.78 is 31.4. The molecule has 3 heterocycles.